The number of nitro groups is 1. The molecule has 0 saturated carbocycles. The highest BCUT2D eigenvalue weighted by atomic mass is 16.6. The number of hydrogen-bond acceptors (Lipinski definition) is 6. The molecule has 0 N–H and O–H groups in total. The summed E-state index contributed by atoms with van der Waals surface area (Å²) in [6.45, 7) is 2.65. The number of benzene rings is 2. The topological polar surface area (TPSA) is 89.5 Å². The molecule has 1 saturated heterocycles. The van der Waals surface area contributed by atoms with E-state index in [4.69, 9.17) is 4.99 Å². The van der Waals surface area contributed by atoms with Crippen molar-refractivity contribution < 1.29 is 4.92 Å². The fraction of sp³-hybridized carbons (Fsp3) is 0.316. The molecule has 0 bridgehead atoms. The predicted molar refractivity (Wildman–Crippen MR) is 103 cm³/mol. The number of para-hydroxylation sites is 1. The van der Waals surface area contributed by atoms with Crippen molar-refractivity contribution in [3.8, 4) is 0 Å². The maximum absolute atomic E-state index is 11.1. The number of aliphatic imine (C=N–C) groups is 1. The minimum Gasteiger partial charge on any atom is -0.296 e. The van der Waals surface area contributed by atoms with Crippen LogP contribution in [0.25, 0.3) is 11.0 Å². The number of rotatable bonds is 4. The first-order valence-corrected chi connectivity index (χ1v) is 9.06. The Kier molecular flexibility index (Phi) is 4.88. The number of fused-ring (bicyclic) bond motifs is 1. The van der Waals surface area contributed by atoms with Crippen LogP contribution in [-0.4, -0.2) is 50.3 Å². The standard InChI is InChI=1S/C19H20N6O2/c26-25(27)16-8-6-7-15(13-16)20-19(14-23-11-4-1-5-12-23)24-18-10-3-2-9-17(18)21-22-24/h2-3,6-10,13H,1,4-5,11-12,14H2. The van der Waals surface area contributed by atoms with Gasteiger partial charge in [0, 0.05) is 12.1 Å². The zero-order valence-corrected chi connectivity index (χ0v) is 14.9. The van der Waals surface area contributed by atoms with Crippen molar-refractivity contribution in [2.24, 2.45) is 4.99 Å². The minimum atomic E-state index is -0.409. The zero-order chi connectivity index (χ0) is 18.6. The lowest BCUT2D eigenvalue weighted by Gasteiger charge is -2.26. The average molecular weight is 364 g/mol. The second-order valence-electron chi connectivity index (χ2n) is 6.63. The largest absolute Gasteiger partial charge is 0.296 e. The number of piperidine rings is 1. The molecule has 8 heteroatoms. The third-order valence-corrected chi connectivity index (χ3v) is 4.71. The number of nitrogens with zero attached hydrogens (tertiary/aromatic N) is 6. The number of likely N-dealkylation sites (tertiary alicyclic amines) is 1. The highest BCUT2D eigenvalue weighted by molar-refractivity contribution is 5.94. The van der Waals surface area contributed by atoms with Gasteiger partial charge in [-0.05, 0) is 44.1 Å². The molecule has 0 aliphatic carbocycles. The van der Waals surface area contributed by atoms with Crippen LogP contribution >= 0.6 is 0 Å². The van der Waals surface area contributed by atoms with E-state index in [-0.39, 0.29) is 5.69 Å². The van der Waals surface area contributed by atoms with E-state index < -0.39 is 4.92 Å². The van der Waals surface area contributed by atoms with Crippen LogP contribution in [0, 0.1) is 10.1 Å². The van der Waals surface area contributed by atoms with Crippen molar-refractivity contribution in [2.45, 2.75) is 19.3 Å². The average Bonchev–Trinajstić information content (AvgIpc) is 3.13. The number of nitro benzene ring substituents is 1. The normalized spacial score (nSPS) is 15.9. The van der Waals surface area contributed by atoms with Gasteiger partial charge >= 0.3 is 0 Å². The number of hydrogen-bond donors (Lipinski definition) is 0. The van der Waals surface area contributed by atoms with Crippen molar-refractivity contribution in [1.29, 1.82) is 0 Å². The highest BCUT2D eigenvalue weighted by Gasteiger charge is 2.17. The Labute approximate surface area is 156 Å². The molecule has 2 heterocycles. The first-order valence-electron chi connectivity index (χ1n) is 9.06. The van der Waals surface area contributed by atoms with Gasteiger partial charge in [0.1, 0.15) is 11.4 Å². The maximum atomic E-state index is 11.1. The Balaban J connectivity index is 1.75. The third-order valence-electron chi connectivity index (χ3n) is 4.71. The van der Waals surface area contributed by atoms with Gasteiger partial charge in [-0.25, -0.2) is 4.99 Å². The van der Waals surface area contributed by atoms with E-state index in [1.165, 1.54) is 31.4 Å². The molecule has 2 aromatic carbocycles. The van der Waals surface area contributed by atoms with Crippen molar-refractivity contribution >= 4 is 28.2 Å². The number of aromatic nitrogens is 3. The van der Waals surface area contributed by atoms with E-state index in [0.29, 0.717) is 18.1 Å². The van der Waals surface area contributed by atoms with Crippen LogP contribution in [0.2, 0.25) is 0 Å². The van der Waals surface area contributed by atoms with Gasteiger partial charge in [0.05, 0.1) is 22.7 Å². The van der Waals surface area contributed by atoms with E-state index in [0.717, 1.165) is 24.1 Å². The quantitative estimate of drug-likeness (QED) is 0.306. The van der Waals surface area contributed by atoms with Gasteiger partial charge in [-0.2, -0.15) is 4.68 Å². The fourth-order valence-corrected chi connectivity index (χ4v) is 3.35. The van der Waals surface area contributed by atoms with Crippen molar-refractivity contribution in [3.63, 3.8) is 0 Å². The molecular formula is C19H20N6O2. The van der Waals surface area contributed by atoms with E-state index in [9.17, 15) is 10.1 Å². The van der Waals surface area contributed by atoms with E-state index in [2.05, 4.69) is 15.2 Å². The lowest BCUT2D eigenvalue weighted by molar-refractivity contribution is -0.384. The fourth-order valence-electron chi connectivity index (χ4n) is 3.35. The molecule has 27 heavy (non-hydrogen) atoms. The molecule has 1 aliphatic rings. The Morgan fingerprint density at radius 3 is 2.74 bits per heavy atom. The predicted octanol–water partition coefficient (Wildman–Crippen LogP) is 3.40. The first kappa shape index (κ1) is 17.3. The van der Waals surface area contributed by atoms with Gasteiger partial charge in [-0.15, -0.1) is 5.10 Å². The summed E-state index contributed by atoms with van der Waals surface area (Å²) < 4.78 is 1.74. The van der Waals surface area contributed by atoms with Crippen molar-refractivity contribution in [1.82, 2.24) is 19.9 Å². The number of non-ortho nitro benzene ring substituents is 1. The third kappa shape index (κ3) is 3.85. The molecule has 1 aromatic heterocycles. The van der Waals surface area contributed by atoms with Gasteiger partial charge in [0.25, 0.3) is 5.69 Å². The smallest absolute Gasteiger partial charge is 0.271 e. The molecule has 0 amide bonds. The summed E-state index contributed by atoms with van der Waals surface area (Å²) >= 11 is 0. The molecule has 0 spiro atoms. The van der Waals surface area contributed by atoms with Crippen molar-refractivity contribution in [2.75, 3.05) is 19.6 Å². The van der Waals surface area contributed by atoms with Crippen LogP contribution in [0.15, 0.2) is 53.5 Å². The van der Waals surface area contributed by atoms with Crippen LogP contribution in [0.1, 0.15) is 19.3 Å². The summed E-state index contributed by atoms with van der Waals surface area (Å²) in [7, 11) is 0. The Bertz CT molecular complexity index is 991. The molecule has 1 aliphatic heterocycles. The Morgan fingerprint density at radius 1 is 1.11 bits per heavy atom. The first-order chi connectivity index (χ1) is 13.2. The molecule has 1 fully saturated rings. The summed E-state index contributed by atoms with van der Waals surface area (Å²) in [5.74, 6) is 0.714. The van der Waals surface area contributed by atoms with Crippen molar-refractivity contribution in [3.05, 3.63) is 58.6 Å². The molecule has 8 nitrogen and oxygen atoms in total. The van der Waals surface area contributed by atoms with Gasteiger partial charge in [-0.3, -0.25) is 15.0 Å². The zero-order valence-electron chi connectivity index (χ0n) is 14.9. The summed E-state index contributed by atoms with van der Waals surface area (Å²) in [4.78, 5) is 17.7. The molecule has 138 valence electrons. The van der Waals surface area contributed by atoms with E-state index in [1.54, 1.807) is 16.8 Å². The Morgan fingerprint density at radius 2 is 1.93 bits per heavy atom. The second kappa shape index (κ2) is 7.63. The second-order valence-corrected chi connectivity index (χ2v) is 6.63. The van der Waals surface area contributed by atoms with Crippen LogP contribution in [0.5, 0.6) is 0 Å². The summed E-state index contributed by atoms with van der Waals surface area (Å²) in [6.07, 6.45) is 3.59. The molecule has 0 atom stereocenters. The van der Waals surface area contributed by atoms with Gasteiger partial charge in [0.15, 0.2) is 0 Å². The molecule has 4 rings (SSSR count). The minimum absolute atomic E-state index is 0.0250. The molecular weight excluding hydrogens is 344 g/mol. The highest BCUT2D eigenvalue weighted by Crippen LogP contribution is 2.21. The molecule has 0 radical (unpaired) electrons. The van der Waals surface area contributed by atoms with E-state index in [1.807, 2.05) is 24.3 Å². The summed E-state index contributed by atoms with van der Waals surface area (Å²) in [5, 5.41) is 19.6. The van der Waals surface area contributed by atoms with Gasteiger partial charge in [0.2, 0.25) is 0 Å². The summed E-state index contributed by atoms with van der Waals surface area (Å²) in [5.41, 5.74) is 2.23. The molecule has 3 aromatic rings. The van der Waals surface area contributed by atoms with Crippen LogP contribution in [0.4, 0.5) is 11.4 Å². The monoisotopic (exact) mass is 364 g/mol. The molecule has 0 unspecified atom stereocenters. The van der Waals surface area contributed by atoms with E-state index >= 15 is 0 Å². The van der Waals surface area contributed by atoms with Gasteiger partial charge in [-0.1, -0.05) is 29.8 Å². The van der Waals surface area contributed by atoms with Crippen LogP contribution in [-0.2, 0) is 0 Å². The summed E-state index contributed by atoms with van der Waals surface area (Å²) in [6, 6.07) is 14.1. The maximum Gasteiger partial charge on any atom is 0.271 e. The SMILES string of the molecule is O=[N+]([O-])c1cccc(N=C(CN2CCCCC2)n2nnc3ccccc32)c1. The van der Waals surface area contributed by atoms with Crippen LogP contribution < -0.4 is 0 Å². The lowest BCUT2D eigenvalue weighted by Crippen LogP contribution is -2.37. The Hall–Kier alpha value is -3.13. The lowest BCUT2D eigenvalue weighted by atomic mass is 10.1. The van der Waals surface area contributed by atoms with Crippen LogP contribution in [0.3, 0.4) is 0 Å². The van der Waals surface area contributed by atoms with Gasteiger partial charge < -0.3 is 0 Å².